The highest BCUT2D eigenvalue weighted by molar-refractivity contribution is 9.10. The summed E-state index contributed by atoms with van der Waals surface area (Å²) in [5, 5.41) is -0.0283. The van der Waals surface area contributed by atoms with Gasteiger partial charge < -0.3 is 0 Å². The number of aromatic nitrogens is 1. The molecule has 0 saturated heterocycles. The van der Waals surface area contributed by atoms with Gasteiger partial charge in [0.1, 0.15) is 10.0 Å². The number of sulfonamides is 1. The predicted octanol–water partition coefficient (Wildman–Crippen LogP) is 2.43. The molecule has 0 aliphatic carbocycles. The van der Waals surface area contributed by atoms with Crippen molar-refractivity contribution in [3.63, 3.8) is 0 Å². The summed E-state index contributed by atoms with van der Waals surface area (Å²) in [4.78, 5) is 3.76. The lowest BCUT2D eigenvalue weighted by molar-refractivity contribution is 0.560. The second-order valence-corrected chi connectivity index (χ2v) is 6.70. The van der Waals surface area contributed by atoms with Crippen LogP contribution in [-0.4, -0.2) is 19.9 Å². The maximum absolute atomic E-state index is 11.9. The third-order valence-corrected chi connectivity index (χ3v) is 4.03. The molecule has 0 bridgehead atoms. The molecular formula is C9H12BrClN2O2S. The summed E-state index contributed by atoms with van der Waals surface area (Å²) in [6, 6.07) is 1.43. The number of rotatable bonds is 4. The zero-order valence-electron chi connectivity index (χ0n) is 8.87. The van der Waals surface area contributed by atoms with Crippen LogP contribution >= 0.6 is 27.5 Å². The molecule has 0 radical (unpaired) electrons. The van der Waals surface area contributed by atoms with Crippen molar-refractivity contribution in [2.75, 3.05) is 6.54 Å². The highest BCUT2D eigenvalue weighted by atomic mass is 79.9. The Labute approximate surface area is 109 Å². The molecule has 0 amide bonds. The molecule has 0 aromatic carbocycles. The number of pyridine rings is 1. The first-order valence-corrected chi connectivity index (χ1v) is 7.29. The molecule has 90 valence electrons. The number of nitrogens with zero attached hydrogens (tertiary/aromatic N) is 1. The Morgan fingerprint density at radius 3 is 2.75 bits per heavy atom. The molecule has 1 aromatic heterocycles. The van der Waals surface area contributed by atoms with Gasteiger partial charge in [-0.15, -0.1) is 0 Å². The van der Waals surface area contributed by atoms with Crippen LogP contribution in [0, 0.1) is 5.92 Å². The Morgan fingerprint density at radius 2 is 2.19 bits per heavy atom. The first-order chi connectivity index (χ1) is 7.33. The van der Waals surface area contributed by atoms with Gasteiger partial charge in [-0.3, -0.25) is 0 Å². The van der Waals surface area contributed by atoms with Crippen LogP contribution in [0.25, 0.3) is 0 Å². The maximum atomic E-state index is 11.9. The van der Waals surface area contributed by atoms with Gasteiger partial charge in [-0.05, 0) is 27.9 Å². The lowest BCUT2D eigenvalue weighted by Gasteiger charge is -2.09. The summed E-state index contributed by atoms with van der Waals surface area (Å²) >= 11 is 8.90. The second kappa shape index (κ2) is 5.44. The minimum absolute atomic E-state index is 0.0100. The molecule has 0 spiro atoms. The van der Waals surface area contributed by atoms with Crippen LogP contribution in [0.2, 0.25) is 5.15 Å². The molecule has 0 atom stereocenters. The lowest BCUT2D eigenvalue weighted by Crippen LogP contribution is -2.27. The van der Waals surface area contributed by atoms with Gasteiger partial charge in [0, 0.05) is 17.2 Å². The summed E-state index contributed by atoms with van der Waals surface area (Å²) in [7, 11) is -3.58. The molecule has 4 nitrogen and oxygen atoms in total. The van der Waals surface area contributed by atoms with Gasteiger partial charge in [0.2, 0.25) is 10.0 Å². The van der Waals surface area contributed by atoms with Crippen molar-refractivity contribution >= 4 is 37.6 Å². The average Bonchev–Trinajstić information content (AvgIpc) is 2.19. The van der Waals surface area contributed by atoms with Gasteiger partial charge in [-0.1, -0.05) is 25.4 Å². The minimum atomic E-state index is -3.58. The van der Waals surface area contributed by atoms with Crippen LogP contribution in [0.4, 0.5) is 0 Å². The second-order valence-electron chi connectivity index (χ2n) is 3.69. The van der Waals surface area contributed by atoms with Gasteiger partial charge in [0.05, 0.1) is 0 Å². The van der Waals surface area contributed by atoms with Crippen molar-refractivity contribution in [1.82, 2.24) is 9.71 Å². The van der Waals surface area contributed by atoms with E-state index >= 15 is 0 Å². The van der Waals surface area contributed by atoms with Crippen LogP contribution < -0.4 is 4.72 Å². The molecule has 7 heteroatoms. The zero-order chi connectivity index (χ0) is 12.3. The number of hydrogen-bond acceptors (Lipinski definition) is 3. The van der Waals surface area contributed by atoms with Crippen LogP contribution in [0.5, 0.6) is 0 Å². The van der Waals surface area contributed by atoms with E-state index in [-0.39, 0.29) is 16.0 Å². The molecule has 16 heavy (non-hydrogen) atoms. The van der Waals surface area contributed by atoms with Crippen molar-refractivity contribution in [3.05, 3.63) is 21.9 Å². The fraction of sp³-hybridized carbons (Fsp3) is 0.444. The summed E-state index contributed by atoms with van der Waals surface area (Å²) in [6.07, 6.45) is 1.45. The molecule has 0 saturated carbocycles. The van der Waals surface area contributed by atoms with Gasteiger partial charge in [0.15, 0.2) is 0 Å². The number of halogens is 2. The van der Waals surface area contributed by atoms with Crippen molar-refractivity contribution < 1.29 is 8.42 Å². The average molecular weight is 328 g/mol. The first kappa shape index (κ1) is 13.9. The van der Waals surface area contributed by atoms with E-state index in [2.05, 4.69) is 25.6 Å². The largest absolute Gasteiger partial charge is 0.243 e. The quantitative estimate of drug-likeness (QED) is 0.864. The third-order valence-electron chi connectivity index (χ3n) is 1.74. The molecule has 0 fully saturated rings. The highest BCUT2D eigenvalue weighted by Gasteiger charge is 2.19. The minimum Gasteiger partial charge on any atom is -0.242 e. The topological polar surface area (TPSA) is 59.1 Å². The van der Waals surface area contributed by atoms with Gasteiger partial charge in [0.25, 0.3) is 0 Å². The molecule has 1 N–H and O–H groups in total. The molecule has 0 aliphatic heterocycles. The van der Waals surface area contributed by atoms with Crippen LogP contribution in [0.3, 0.4) is 0 Å². The SMILES string of the molecule is CC(C)CNS(=O)(=O)c1cc(Br)cnc1Cl. The standard InChI is InChI=1S/C9H12BrClN2O2S/c1-6(2)4-13-16(14,15)8-3-7(10)5-12-9(8)11/h3,5-6,13H,4H2,1-2H3. The number of nitrogens with one attached hydrogen (secondary N) is 1. The Morgan fingerprint density at radius 1 is 1.56 bits per heavy atom. The van der Waals surface area contributed by atoms with Gasteiger partial charge >= 0.3 is 0 Å². The predicted molar refractivity (Wildman–Crippen MR) is 67.0 cm³/mol. The molecule has 1 heterocycles. The molecule has 1 aromatic rings. The Balaban J connectivity index is 3.02. The van der Waals surface area contributed by atoms with Crippen molar-refractivity contribution in [2.45, 2.75) is 18.7 Å². The van der Waals surface area contributed by atoms with E-state index in [0.29, 0.717) is 11.0 Å². The fourth-order valence-electron chi connectivity index (χ4n) is 0.947. The van der Waals surface area contributed by atoms with Crippen molar-refractivity contribution in [2.24, 2.45) is 5.92 Å². The maximum Gasteiger partial charge on any atom is 0.243 e. The molecule has 0 unspecified atom stereocenters. The third kappa shape index (κ3) is 3.69. The zero-order valence-corrected chi connectivity index (χ0v) is 12.0. The van der Waals surface area contributed by atoms with E-state index in [0.717, 1.165) is 0 Å². The molecular weight excluding hydrogens is 316 g/mol. The highest BCUT2D eigenvalue weighted by Crippen LogP contribution is 2.22. The Hall–Kier alpha value is -0.170. The number of hydrogen-bond donors (Lipinski definition) is 1. The smallest absolute Gasteiger partial charge is 0.242 e. The lowest BCUT2D eigenvalue weighted by atomic mass is 10.2. The van der Waals surface area contributed by atoms with Gasteiger partial charge in [-0.25, -0.2) is 18.1 Å². The first-order valence-electron chi connectivity index (χ1n) is 4.63. The van der Waals surface area contributed by atoms with Crippen molar-refractivity contribution in [1.29, 1.82) is 0 Å². The molecule has 0 aliphatic rings. The van der Waals surface area contributed by atoms with Crippen LogP contribution in [-0.2, 0) is 10.0 Å². The Kier molecular flexibility index (Phi) is 4.73. The summed E-state index contributed by atoms with van der Waals surface area (Å²) in [6.45, 7) is 4.21. The fourth-order valence-corrected chi connectivity index (χ4v) is 3.10. The van der Waals surface area contributed by atoms with E-state index in [1.807, 2.05) is 13.8 Å². The Bertz CT molecular complexity index is 476. The van der Waals surface area contributed by atoms with Crippen molar-refractivity contribution in [3.8, 4) is 0 Å². The molecule has 1 rings (SSSR count). The van der Waals surface area contributed by atoms with E-state index < -0.39 is 10.0 Å². The van der Waals surface area contributed by atoms with Gasteiger partial charge in [-0.2, -0.15) is 0 Å². The monoisotopic (exact) mass is 326 g/mol. The van der Waals surface area contributed by atoms with E-state index in [9.17, 15) is 8.42 Å². The summed E-state index contributed by atoms with van der Waals surface area (Å²) in [5.74, 6) is 0.230. The van der Waals surface area contributed by atoms with Crippen LogP contribution in [0.1, 0.15) is 13.8 Å². The van der Waals surface area contributed by atoms with E-state index in [1.165, 1.54) is 12.3 Å². The summed E-state index contributed by atoms with van der Waals surface area (Å²) in [5.41, 5.74) is 0. The van der Waals surface area contributed by atoms with E-state index in [4.69, 9.17) is 11.6 Å². The summed E-state index contributed by atoms with van der Waals surface area (Å²) < 4.78 is 26.7. The normalized spacial score (nSPS) is 12.1. The van der Waals surface area contributed by atoms with Crippen LogP contribution in [0.15, 0.2) is 21.6 Å². The van der Waals surface area contributed by atoms with E-state index in [1.54, 1.807) is 0 Å².